The molecule has 5 nitrogen and oxygen atoms in total. The van der Waals surface area contributed by atoms with Crippen molar-refractivity contribution in [2.75, 3.05) is 39.3 Å². The molecule has 1 unspecified atom stereocenters. The second kappa shape index (κ2) is 7.79. The molecule has 0 saturated carbocycles. The van der Waals surface area contributed by atoms with Gasteiger partial charge in [0, 0.05) is 39.1 Å². The Hall–Kier alpha value is -1.88. The van der Waals surface area contributed by atoms with E-state index >= 15 is 0 Å². The minimum absolute atomic E-state index is 0.0693. The van der Waals surface area contributed by atoms with Gasteiger partial charge in [0.05, 0.1) is 6.54 Å². The molecule has 0 radical (unpaired) electrons. The van der Waals surface area contributed by atoms with Crippen LogP contribution >= 0.6 is 0 Å². The van der Waals surface area contributed by atoms with Gasteiger partial charge in [-0.25, -0.2) is 0 Å². The lowest BCUT2D eigenvalue weighted by molar-refractivity contribution is -0.133. The second-order valence-corrected chi connectivity index (χ2v) is 6.75. The summed E-state index contributed by atoms with van der Waals surface area (Å²) in [5.74, 6) is 0.705. The lowest BCUT2D eigenvalue weighted by Gasteiger charge is -2.34. The van der Waals surface area contributed by atoms with Gasteiger partial charge in [0.1, 0.15) is 0 Å². The summed E-state index contributed by atoms with van der Waals surface area (Å²) in [6, 6.07) is 8.50. The number of rotatable bonds is 5. The first-order chi connectivity index (χ1) is 11.7. The Labute approximate surface area is 144 Å². The number of amides is 2. The summed E-state index contributed by atoms with van der Waals surface area (Å²) in [6.07, 6.45) is 2.80. The van der Waals surface area contributed by atoms with Gasteiger partial charge in [0.2, 0.25) is 11.8 Å². The summed E-state index contributed by atoms with van der Waals surface area (Å²) in [5, 5.41) is 2.82. The van der Waals surface area contributed by atoms with E-state index in [9.17, 15) is 9.59 Å². The quantitative estimate of drug-likeness (QED) is 0.888. The molecule has 0 bridgehead atoms. The summed E-state index contributed by atoms with van der Waals surface area (Å²) in [7, 11) is 0. The van der Waals surface area contributed by atoms with Gasteiger partial charge in [-0.2, -0.15) is 0 Å². The van der Waals surface area contributed by atoms with Gasteiger partial charge in [-0.05, 0) is 36.8 Å². The van der Waals surface area contributed by atoms with Crippen molar-refractivity contribution in [2.24, 2.45) is 0 Å². The van der Waals surface area contributed by atoms with E-state index in [0.717, 1.165) is 39.0 Å². The first-order valence-electron chi connectivity index (χ1n) is 9.02. The van der Waals surface area contributed by atoms with Crippen LogP contribution in [0.1, 0.15) is 36.8 Å². The SMILES string of the molecule is CCNC(=O)CN1CCN(C(=O)CC2CCc3ccccc32)CC1. The third-order valence-corrected chi connectivity index (χ3v) is 5.14. The molecular weight excluding hydrogens is 302 g/mol. The highest BCUT2D eigenvalue weighted by Crippen LogP contribution is 2.35. The number of hydrogen-bond donors (Lipinski definition) is 1. The fraction of sp³-hybridized carbons (Fsp3) is 0.579. The largest absolute Gasteiger partial charge is 0.355 e. The topological polar surface area (TPSA) is 52.7 Å². The predicted octanol–water partition coefficient (Wildman–Crippen LogP) is 1.39. The average Bonchev–Trinajstić information content (AvgIpc) is 2.99. The van der Waals surface area contributed by atoms with Gasteiger partial charge < -0.3 is 10.2 Å². The van der Waals surface area contributed by atoms with E-state index in [0.29, 0.717) is 25.4 Å². The Bertz CT molecular complexity index is 594. The van der Waals surface area contributed by atoms with Gasteiger partial charge in [-0.3, -0.25) is 14.5 Å². The highest BCUT2D eigenvalue weighted by Gasteiger charge is 2.28. The Morgan fingerprint density at radius 2 is 1.92 bits per heavy atom. The zero-order valence-electron chi connectivity index (χ0n) is 14.5. The van der Waals surface area contributed by atoms with Crippen molar-refractivity contribution in [1.82, 2.24) is 15.1 Å². The normalized spacial score (nSPS) is 20.7. The van der Waals surface area contributed by atoms with E-state index in [2.05, 4.69) is 34.5 Å². The van der Waals surface area contributed by atoms with E-state index in [4.69, 9.17) is 0 Å². The van der Waals surface area contributed by atoms with E-state index < -0.39 is 0 Å². The molecule has 1 heterocycles. The first-order valence-corrected chi connectivity index (χ1v) is 9.02. The van der Waals surface area contributed by atoms with Crippen LogP contribution in [0.25, 0.3) is 0 Å². The highest BCUT2D eigenvalue weighted by molar-refractivity contribution is 5.78. The van der Waals surface area contributed by atoms with Crippen molar-refractivity contribution in [3.8, 4) is 0 Å². The molecule has 0 aromatic heterocycles. The van der Waals surface area contributed by atoms with Crippen LogP contribution in [0.15, 0.2) is 24.3 Å². The highest BCUT2D eigenvalue weighted by atomic mass is 16.2. The second-order valence-electron chi connectivity index (χ2n) is 6.75. The molecule has 1 N–H and O–H groups in total. The summed E-state index contributed by atoms with van der Waals surface area (Å²) < 4.78 is 0. The Balaban J connectivity index is 1.47. The molecule has 1 aliphatic carbocycles. The van der Waals surface area contributed by atoms with Crippen molar-refractivity contribution >= 4 is 11.8 Å². The van der Waals surface area contributed by atoms with Crippen LogP contribution < -0.4 is 5.32 Å². The zero-order chi connectivity index (χ0) is 16.9. The maximum absolute atomic E-state index is 12.6. The van der Waals surface area contributed by atoms with E-state index in [1.165, 1.54) is 11.1 Å². The molecule has 2 amide bonds. The van der Waals surface area contributed by atoms with Crippen LogP contribution in [0.5, 0.6) is 0 Å². The lowest BCUT2D eigenvalue weighted by atomic mass is 9.97. The molecule has 0 spiro atoms. The van der Waals surface area contributed by atoms with Crippen LogP contribution in [-0.4, -0.2) is 60.9 Å². The van der Waals surface area contributed by atoms with E-state index in [1.807, 2.05) is 11.8 Å². The third-order valence-electron chi connectivity index (χ3n) is 5.14. The fourth-order valence-corrected chi connectivity index (χ4v) is 3.81. The minimum atomic E-state index is 0.0693. The predicted molar refractivity (Wildman–Crippen MR) is 93.8 cm³/mol. The number of carbonyl (C=O) groups is 2. The number of nitrogens with one attached hydrogen (secondary N) is 1. The Kier molecular flexibility index (Phi) is 5.51. The van der Waals surface area contributed by atoms with Crippen molar-refractivity contribution < 1.29 is 9.59 Å². The molecule has 24 heavy (non-hydrogen) atoms. The van der Waals surface area contributed by atoms with Gasteiger partial charge in [-0.15, -0.1) is 0 Å². The molecule has 1 aliphatic heterocycles. The molecule has 1 aromatic rings. The number of likely N-dealkylation sites (N-methyl/N-ethyl adjacent to an activating group) is 1. The summed E-state index contributed by atoms with van der Waals surface area (Å²) >= 11 is 0. The molecule has 3 rings (SSSR count). The Morgan fingerprint density at radius 1 is 1.17 bits per heavy atom. The van der Waals surface area contributed by atoms with Crippen molar-refractivity contribution in [2.45, 2.75) is 32.1 Å². The molecule has 5 heteroatoms. The van der Waals surface area contributed by atoms with Crippen LogP contribution in [0, 0.1) is 0 Å². The number of fused-ring (bicyclic) bond motifs is 1. The van der Waals surface area contributed by atoms with E-state index in [-0.39, 0.29) is 11.8 Å². The van der Waals surface area contributed by atoms with Crippen molar-refractivity contribution in [1.29, 1.82) is 0 Å². The zero-order valence-corrected chi connectivity index (χ0v) is 14.5. The van der Waals surface area contributed by atoms with Crippen LogP contribution in [0.4, 0.5) is 0 Å². The number of benzene rings is 1. The maximum atomic E-state index is 12.6. The monoisotopic (exact) mass is 329 g/mol. The molecule has 1 aromatic carbocycles. The first kappa shape index (κ1) is 17.0. The number of hydrogen-bond acceptors (Lipinski definition) is 3. The lowest BCUT2D eigenvalue weighted by Crippen LogP contribution is -2.51. The smallest absolute Gasteiger partial charge is 0.234 e. The standard InChI is InChI=1S/C19H27N3O2/c1-2-20-18(23)14-21-9-11-22(12-10-21)19(24)13-16-8-7-15-5-3-4-6-17(15)16/h3-6,16H,2,7-14H2,1H3,(H,20,23). The number of aryl methyl sites for hydroxylation is 1. The summed E-state index contributed by atoms with van der Waals surface area (Å²) in [5.41, 5.74) is 2.77. The molecule has 2 aliphatic rings. The van der Waals surface area contributed by atoms with Crippen LogP contribution in [0.3, 0.4) is 0 Å². The Morgan fingerprint density at radius 3 is 2.67 bits per heavy atom. The third kappa shape index (κ3) is 3.96. The fourth-order valence-electron chi connectivity index (χ4n) is 3.81. The van der Waals surface area contributed by atoms with Gasteiger partial charge >= 0.3 is 0 Å². The molecule has 1 saturated heterocycles. The van der Waals surface area contributed by atoms with Gasteiger partial charge in [0.25, 0.3) is 0 Å². The number of nitrogens with zero attached hydrogens (tertiary/aromatic N) is 2. The molecule has 1 fully saturated rings. The minimum Gasteiger partial charge on any atom is -0.355 e. The summed E-state index contributed by atoms with van der Waals surface area (Å²) in [6.45, 7) is 6.05. The maximum Gasteiger partial charge on any atom is 0.234 e. The van der Waals surface area contributed by atoms with Gasteiger partial charge in [-0.1, -0.05) is 24.3 Å². The van der Waals surface area contributed by atoms with E-state index in [1.54, 1.807) is 0 Å². The molecule has 1 atom stereocenters. The van der Waals surface area contributed by atoms with Gasteiger partial charge in [0.15, 0.2) is 0 Å². The molecular formula is C19H27N3O2. The van der Waals surface area contributed by atoms with Crippen LogP contribution in [0.2, 0.25) is 0 Å². The number of carbonyl (C=O) groups excluding carboxylic acids is 2. The number of piperazine rings is 1. The van der Waals surface area contributed by atoms with Crippen molar-refractivity contribution in [3.05, 3.63) is 35.4 Å². The van der Waals surface area contributed by atoms with Crippen molar-refractivity contribution in [3.63, 3.8) is 0 Å². The average molecular weight is 329 g/mol. The molecule has 130 valence electrons. The summed E-state index contributed by atoms with van der Waals surface area (Å²) in [4.78, 5) is 28.4. The van der Waals surface area contributed by atoms with Crippen LogP contribution in [-0.2, 0) is 16.0 Å².